The van der Waals surface area contributed by atoms with E-state index in [1.807, 2.05) is 30.3 Å². The number of nitrogens with zero attached hydrogens (tertiary/aromatic N) is 2. The van der Waals surface area contributed by atoms with Gasteiger partial charge in [-0.25, -0.2) is 0 Å². The van der Waals surface area contributed by atoms with Gasteiger partial charge < -0.3 is 10.0 Å². The predicted molar refractivity (Wildman–Crippen MR) is 98.6 cm³/mol. The molecule has 0 spiro atoms. The van der Waals surface area contributed by atoms with Gasteiger partial charge in [0.05, 0.1) is 15.8 Å². The number of hydrogen-bond donors (Lipinski definition) is 1. The van der Waals surface area contributed by atoms with Gasteiger partial charge in [0.15, 0.2) is 0 Å². The van der Waals surface area contributed by atoms with E-state index in [4.69, 9.17) is 0 Å². The Balaban J connectivity index is 1.93. The van der Waals surface area contributed by atoms with Crippen LogP contribution in [0.15, 0.2) is 50.3 Å². The molecule has 0 atom stereocenters. The zero-order chi connectivity index (χ0) is 15.5. The van der Waals surface area contributed by atoms with Crippen LogP contribution in [-0.4, -0.2) is 24.4 Å². The van der Waals surface area contributed by atoms with Gasteiger partial charge in [0, 0.05) is 29.3 Å². The minimum atomic E-state index is 0.200. The SMILES string of the molecule is Oc1c(Br)cc(Br)cc1C=Nc1ccccc1N1CCCC1. The molecule has 0 unspecified atom stereocenters. The highest BCUT2D eigenvalue weighted by molar-refractivity contribution is 9.11. The molecule has 1 aliphatic rings. The van der Waals surface area contributed by atoms with Gasteiger partial charge in [-0.15, -0.1) is 0 Å². The molecular formula is C17H16Br2N2O. The molecule has 3 rings (SSSR count). The lowest BCUT2D eigenvalue weighted by Gasteiger charge is -2.19. The molecule has 3 nitrogen and oxygen atoms in total. The maximum absolute atomic E-state index is 10.1. The largest absolute Gasteiger partial charge is 0.506 e. The smallest absolute Gasteiger partial charge is 0.138 e. The molecule has 0 radical (unpaired) electrons. The normalized spacial score (nSPS) is 14.9. The second-order valence-electron chi connectivity index (χ2n) is 5.27. The summed E-state index contributed by atoms with van der Waals surface area (Å²) in [4.78, 5) is 6.96. The van der Waals surface area contributed by atoms with Crippen molar-refractivity contribution in [1.29, 1.82) is 0 Å². The highest BCUT2D eigenvalue weighted by Crippen LogP contribution is 2.33. The summed E-state index contributed by atoms with van der Waals surface area (Å²) in [5.41, 5.74) is 2.77. The molecule has 0 aliphatic carbocycles. The van der Waals surface area contributed by atoms with E-state index in [1.165, 1.54) is 12.8 Å². The van der Waals surface area contributed by atoms with Crippen molar-refractivity contribution < 1.29 is 5.11 Å². The molecule has 0 bridgehead atoms. The van der Waals surface area contributed by atoms with Crippen molar-refractivity contribution >= 4 is 49.4 Å². The van der Waals surface area contributed by atoms with Crippen LogP contribution in [0.2, 0.25) is 0 Å². The van der Waals surface area contributed by atoms with Gasteiger partial charge in [-0.2, -0.15) is 0 Å². The van der Waals surface area contributed by atoms with Gasteiger partial charge in [-0.1, -0.05) is 28.1 Å². The number of rotatable bonds is 3. The van der Waals surface area contributed by atoms with Crippen molar-refractivity contribution in [2.24, 2.45) is 4.99 Å². The Morgan fingerprint density at radius 2 is 1.82 bits per heavy atom. The molecule has 22 heavy (non-hydrogen) atoms. The maximum atomic E-state index is 10.1. The average Bonchev–Trinajstić information content (AvgIpc) is 3.04. The number of aliphatic imine (C=N–C) groups is 1. The summed E-state index contributed by atoms with van der Waals surface area (Å²) in [5.74, 6) is 0.200. The summed E-state index contributed by atoms with van der Waals surface area (Å²) in [5, 5.41) is 10.1. The Morgan fingerprint density at radius 3 is 2.59 bits per heavy atom. The molecule has 0 aromatic heterocycles. The van der Waals surface area contributed by atoms with Crippen molar-refractivity contribution in [2.45, 2.75) is 12.8 Å². The Bertz CT molecular complexity index is 710. The fraction of sp³-hybridized carbons (Fsp3) is 0.235. The first-order chi connectivity index (χ1) is 10.6. The summed E-state index contributed by atoms with van der Waals surface area (Å²) in [6.07, 6.45) is 4.18. The first-order valence-electron chi connectivity index (χ1n) is 7.21. The number of anilines is 1. The molecule has 1 saturated heterocycles. The van der Waals surface area contributed by atoms with Gasteiger partial charge in [-0.05, 0) is 53.0 Å². The summed E-state index contributed by atoms with van der Waals surface area (Å²) in [7, 11) is 0. The molecule has 2 aromatic carbocycles. The molecule has 1 heterocycles. The maximum Gasteiger partial charge on any atom is 0.138 e. The number of aromatic hydroxyl groups is 1. The standard InChI is InChI=1S/C17H16Br2N2O/c18-13-9-12(17(22)14(19)10-13)11-20-15-5-1-2-6-16(15)21-7-3-4-8-21/h1-2,5-6,9-11,22H,3-4,7-8H2. The second kappa shape index (κ2) is 6.84. The lowest BCUT2D eigenvalue weighted by Crippen LogP contribution is -2.17. The van der Waals surface area contributed by atoms with Crippen LogP contribution in [0.25, 0.3) is 0 Å². The van der Waals surface area contributed by atoms with E-state index in [2.05, 4.69) is 47.8 Å². The lowest BCUT2D eigenvalue weighted by molar-refractivity contribution is 0.471. The van der Waals surface area contributed by atoms with Crippen LogP contribution in [0.3, 0.4) is 0 Å². The van der Waals surface area contributed by atoms with Gasteiger partial charge in [-0.3, -0.25) is 4.99 Å². The van der Waals surface area contributed by atoms with Crippen LogP contribution in [0.4, 0.5) is 11.4 Å². The number of hydrogen-bond acceptors (Lipinski definition) is 3. The number of phenolic OH excluding ortho intramolecular Hbond substituents is 1. The van der Waals surface area contributed by atoms with Gasteiger partial charge in [0.1, 0.15) is 5.75 Å². The zero-order valence-corrected chi connectivity index (χ0v) is 15.1. The van der Waals surface area contributed by atoms with E-state index < -0.39 is 0 Å². The van der Waals surface area contributed by atoms with E-state index >= 15 is 0 Å². The van der Waals surface area contributed by atoms with Gasteiger partial charge >= 0.3 is 0 Å². The first-order valence-corrected chi connectivity index (χ1v) is 8.80. The van der Waals surface area contributed by atoms with Gasteiger partial charge in [0.2, 0.25) is 0 Å². The fourth-order valence-electron chi connectivity index (χ4n) is 2.62. The fourth-order valence-corrected chi connectivity index (χ4v) is 3.88. The molecule has 5 heteroatoms. The van der Waals surface area contributed by atoms with Crippen molar-refractivity contribution in [1.82, 2.24) is 0 Å². The highest BCUT2D eigenvalue weighted by atomic mass is 79.9. The first kappa shape index (κ1) is 15.6. The molecule has 0 amide bonds. The van der Waals surface area contributed by atoms with E-state index in [1.54, 1.807) is 6.21 Å². The van der Waals surface area contributed by atoms with Crippen LogP contribution < -0.4 is 4.90 Å². The van der Waals surface area contributed by atoms with Crippen molar-refractivity contribution in [3.63, 3.8) is 0 Å². The zero-order valence-electron chi connectivity index (χ0n) is 12.0. The minimum absolute atomic E-state index is 0.200. The van der Waals surface area contributed by atoms with E-state index in [0.29, 0.717) is 10.0 Å². The average molecular weight is 424 g/mol. The summed E-state index contributed by atoms with van der Waals surface area (Å²) < 4.78 is 1.54. The summed E-state index contributed by atoms with van der Waals surface area (Å²) >= 11 is 6.77. The van der Waals surface area contributed by atoms with Crippen LogP contribution in [0.1, 0.15) is 18.4 Å². The summed E-state index contributed by atoms with van der Waals surface area (Å²) in [6.45, 7) is 2.17. The third-order valence-corrected chi connectivity index (χ3v) is 4.79. The Labute approximate surface area is 146 Å². The number of phenols is 1. The van der Waals surface area contributed by atoms with Crippen LogP contribution in [0, 0.1) is 0 Å². The van der Waals surface area contributed by atoms with Crippen LogP contribution in [-0.2, 0) is 0 Å². The predicted octanol–water partition coefficient (Wildman–Crippen LogP) is 5.27. The molecule has 1 fully saturated rings. The molecule has 1 aliphatic heterocycles. The second-order valence-corrected chi connectivity index (χ2v) is 7.04. The minimum Gasteiger partial charge on any atom is -0.506 e. The van der Waals surface area contributed by atoms with E-state index in [9.17, 15) is 5.11 Å². The molecular weight excluding hydrogens is 408 g/mol. The number of halogens is 2. The molecule has 0 saturated carbocycles. The Hall–Kier alpha value is -1.33. The lowest BCUT2D eigenvalue weighted by atomic mass is 10.2. The molecule has 1 N–H and O–H groups in total. The topological polar surface area (TPSA) is 35.8 Å². The van der Waals surface area contributed by atoms with E-state index in [-0.39, 0.29) is 5.75 Å². The Morgan fingerprint density at radius 1 is 1.09 bits per heavy atom. The third kappa shape index (κ3) is 3.36. The quantitative estimate of drug-likeness (QED) is 0.682. The highest BCUT2D eigenvalue weighted by Gasteiger charge is 2.15. The van der Waals surface area contributed by atoms with Crippen molar-refractivity contribution in [2.75, 3.05) is 18.0 Å². The Kier molecular flexibility index (Phi) is 4.84. The number of para-hydroxylation sites is 2. The molecule has 114 valence electrons. The molecule has 2 aromatic rings. The van der Waals surface area contributed by atoms with Crippen molar-refractivity contribution in [3.05, 3.63) is 50.9 Å². The van der Waals surface area contributed by atoms with Crippen LogP contribution >= 0.6 is 31.9 Å². The van der Waals surface area contributed by atoms with Crippen molar-refractivity contribution in [3.8, 4) is 5.75 Å². The monoisotopic (exact) mass is 422 g/mol. The van der Waals surface area contributed by atoms with Gasteiger partial charge in [0.25, 0.3) is 0 Å². The van der Waals surface area contributed by atoms with E-state index in [0.717, 1.165) is 28.9 Å². The summed E-state index contributed by atoms with van der Waals surface area (Å²) in [6, 6.07) is 11.8. The van der Waals surface area contributed by atoms with Crippen LogP contribution in [0.5, 0.6) is 5.75 Å². The number of benzene rings is 2. The third-order valence-electron chi connectivity index (χ3n) is 3.73.